The lowest BCUT2D eigenvalue weighted by atomic mass is 10.0. The third kappa shape index (κ3) is 8.45. The molecular formula is C34H35ClFN3O4S. The number of benzene rings is 4. The van der Waals surface area contributed by atoms with Crippen LogP contribution in [0.1, 0.15) is 25.0 Å². The summed E-state index contributed by atoms with van der Waals surface area (Å²) >= 11 is 6.51. The second kappa shape index (κ2) is 15.0. The Morgan fingerprint density at radius 1 is 0.841 bits per heavy atom. The fourth-order valence-electron chi connectivity index (χ4n) is 4.64. The molecular weight excluding hydrogens is 601 g/mol. The van der Waals surface area contributed by atoms with E-state index < -0.39 is 34.3 Å². The van der Waals surface area contributed by atoms with Crippen LogP contribution in [0, 0.1) is 11.7 Å². The summed E-state index contributed by atoms with van der Waals surface area (Å²) in [5, 5.41) is 3.35. The number of carbonyl (C=O) groups is 2. The Hall–Kier alpha value is -4.21. The molecule has 1 atom stereocenters. The fourth-order valence-corrected chi connectivity index (χ4v) is 6.27. The summed E-state index contributed by atoms with van der Waals surface area (Å²) in [5.41, 5.74) is 1.52. The molecule has 0 saturated carbocycles. The summed E-state index contributed by atoms with van der Waals surface area (Å²) in [6.45, 7) is 3.63. The van der Waals surface area contributed by atoms with Gasteiger partial charge in [0.15, 0.2) is 0 Å². The molecule has 1 unspecified atom stereocenters. The summed E-state index contributed by atoms with van der Waals surface area (Å²) in [7, 11) is -4.27. The summed E-state index contributed by atoms with van der Waals surface area (Å²) in [6.07, 6.45) is 0.183. The van der Waals surface area contributed by atoms with E-state index in [-0.39, 0.29) is 35.4 Å². The van der Waals surface area contributed by atoms with Crippen LogP contribution >= 0.6 is 11.6 Å². The first-order chi connectivity index (χ1) is 21.1. The first-order valence-corrected chi connectivity index (χ1v) is 16.1. The fraction of sp³-hybridized carbons (Fsp3) is 0.235. The molecule has 230 valence electrons. The molecule has 0 radical (unpaired) electrons. The lowest BCUT2D eigenvalue weighted by molar-refractivity contribution is -0.140. The van der Waals surface area contributed by atoms with Crippen LogP contribution < -0.4 is 9.62 Å². The lowest BCUT2D eigenvalue weighted by Gasteiger charge is -2.34. The molecule has 0 fully saturated rings. The van der Waals surface area contributed by atoms with Gasteiger partial charge in [0.1, 0.15) is 18.4 Å². The third-order valence-corrected chi connectivity index (χ3v) is 9.14. The van der Waals surface area contributed by atoms with Crippen molar-refractivity contribution in [3.8, 4) is 0 Å². The molecule has 10 heteroatoms. The summed E-state index contributed by atoms with van der Waals surface area (Å²) < 4.78 is 42.7. The summed E-state index contributed by atoms with van der Waals surface area (Å²) in [5.74, 6) is -1.40. The smallest absolute Gasteiger partial charge is 0.264 e. The predicted molar refractivity (Wildman–Crippen MR) is 171 cm³/mol. The Morgan fingerprint density at radius 2 is 1.43 bits per heavy atom. The van der Waals surface area contributed by atoms with E-state index in [1.807, 2.05) is 44.2 Å². The molecule has 7 nitrogen and oxygen atoms in total. The monoisotopic (exact) mass is 635 g/mol. The molecule has 4 aromatic carbocycles. The van der Waals surface area contributed by atoms with Crippen molar-refractivity contribution in [1.29, 1.82) is 0 Å². The highest BCUT2D eigenvalue weighted by Gasteiger charge is 2.35. The van der Waals surface area contributed by atoms with E-state index in [1.165, 1.54) is 29.2 Å². The highest BCUT2D eigenvalue weighted by atomic mass is 35.5. The number of carbonyl (C=O) groups excluding carboxylic acids is 2. The largest absolute Gasteiger partial charge is 0.354 e. The molecule has 0 aliphatic heterocycles. The van der Waals surface area contributed by atoms with Gasteiger partial charge in [0.2, 0.25) is 11.8 Å². The molecule has 1 N–H and O–H groups in total. The predicted octanol–water partition coefficient (Wildman–Crippen LogP) is 6.09. The van der Waals surface area contributed by atoms with Crippen LogP contribution in [0.3, 0.4) is 0 Å². The maximum Gasteiger partial charge on any atom is 0.264 e. The van der Waals surface area contributed by atoms with Crippen LogP contribution in [0.25, 0.3) is 0 Å². The molecule has 0 aliphatic carbocycles. The number of nitrogens with one attached hydrogen (secondary N) is 1. The Kier molecular flexibility index (Phi) is 11.1. The number of hydrogen-bond donors (Lipinski definition) is 1. The number of hydrogen-bond acceptors (Lipinski definition) is 4. The van der Waals surface area contributed by atoms with E-state index in [1.54, 1.807) is 42.5 Å². The van der Waals surface area contributed by atoms with Gasteiger partial charge in [-0.25, -0.2) is 12.8 Å². The minimum absolute atomic E-state index is 0.0368. The van der Waals surface area contributed by atoms with E-state index in [0.717, 1.165) is 22.0 Å². The number of anilines is 1. The number of sulfonamides is 1. The Bertz CT molecular complexity index is 1650. The summed E-state index contributed by atoms with van der Waals surface area (Å²) in [6, 6.07) is 27.8. The molecule has 44 heavy (non-hydrogen) atoms. The highest BCUT2D eigenvalue weighted by Crippen LogP contribution is 2.26. The standard InChI is InChI=1S/C34H35ClFN3O4S/c1-25(2)22-37-34(41)32(21-26-11-5-3-6-12-26)38(23-27-13-9-10-16-31(27)35)33(40)24-39(29-19-17-28(36)18-20-29)44(42,43)30-14-7-4-8-15-30/h3-20,25,32H,21-24H2,1-2H3,(H,37,41). The molecule has 0 spiro atoms. The van der Waals surface area contributed by atoms with Crippen LogP contribution in [-0.4, -0.2) is 44.3 Å². The number of nitrogens with zero attached hydrogens (tertiary/aromatic N) is 2. The molecule has 4 rings (SSSR count). The molecule has 2 amide bonds. The van der Waals surface area contributed by atoms with Crippen molar-refractivity contribution in [2.24, 2.45) is 5.92 Å². The van der Waals surface area contributed by atoms with Crippen LogP contribution in [0.5, 0.6) is 0 Å². The molecule has 4 aromatic rings. The molecule has 0 heterocycles. The van der Waals surface area contributed by atoms with Crippen molar-refractivity contribution in [3.63, 3.8) is 0 Å². The normalized spacial score (nSPS) is 12.0. The van der Waals surface area contributed by atoms with E-state index >= 15 is 0 Å². The van der Waals surface area contributed by atoms with Crippen molar-refractivity contribution in [3.05, 3.63) is 131 Å². The number of halogens is 2. The van der Waals surface area contributed by atoms with Gasteiger partial charge in [0, 0.05) is 24.5 Å². The lowest BCUT2D eigenvalue weighted by Crippen LogP contribution is -2.53. The SMILES string of the molecule is CC(C)CNC(=O)C(Cc1ccccc1)N(Cc1ccccc1Cl)C(=O)CN(c1ccc(F)cc1)S(=O)(=O)c1ccccc1. The maximum atomic E-state index is 14.4. The van der Waals surface area contributed by atoms with Gasteiger partial charge in [-0.3, -0.25) is 13.9 Å². The minimum atomic E-state index is -4.27. The zero-order chi connectivity index (χ0) is 31.7. The molecule has 0 aromatic heterocycles. The number of amides is 2. The average Bonchev–Trinajstić information content (AvgIpc) is 3.02. The van der Waals surface area contributed by atoms with E-state index in [0.29, 0.717) is 17.1 Å². The van der Waals surface area contributed by atoms with E-state index in [2.05, 4.69) is 5.32 Å². The second-order valence-corrected chi connectivity index (χ2v) is 13.0. The topological polar surface area (TPSA) is 86.8 Å². The van der Waals surface area contributed by atoms with Gasteiger partial charge in [-0.15, -0.1) is 0 Å². The van der Waals surface area contributed by atoms with Gasteiger partial charge in [-0.1, -0.05) is 92.2 Å². The van der Waals surface area contributed by atoms with Crippen molar-refractivity contribution >= 4 is 39.1 Å². The van der Waals surface area contributed by atoms with Crippen LogP contribution in [0.2, 0.25) is 5.02 Å². The van der Waals surface area contributed by atoms with Crippen LogP contribution in [0.15, 0.2) is 114 Å². The minimum Gasteiger partial charge on any atom is -0.354 e. The third-order valence-electron chi connectivity index (χ3n) is 6.98. The van der Waals surface area contributed by atoms with Gasteiger partial charge in [0.05, 0.1) is 10.6 Å². The van der Waals surface area contributed by atoms with Crippen molar-refractivity contribution in [2.45, 2.75) is 37.8 Å². The second-order valence-electron chi connectivity index (χ2n) is 10.8. The Labute approximate surface area is 263 Å². The maximum absolute atomic E-state index is 14.4. The van der Waals surface area contributed by atoms with Crippen molar-refractivity contribution in [2.75, 3.05) is 17.4 Å². The molecule has 0 bridgehead atoms. The summed E-state index contributed by atoms with van der Waals surface area (Å²) in [4.78, 5) is 29.5. The van der Waals surface area contributed by atoms with Gasteiger partial charge in [0.25, 0.3) is 10.0 Å². The first kappa shape index (κ1) is 32.7. The zero-order valence-corrected chi connectivity index (χ0v) is 26.1. The number of rotatable bonds is 13. The van der Waals surface area contributed by atoms with Crippen LogP contribution in [-0.2, 0) is 32.6 Å². The van der Waals surface area contributed by atoms with Gasteiger partial charge >= 0.3 is 0 Å². The van der Waals surface area contributed by atoms with Crippen LogP contribution in [0.4, 0.5) is 10.1 Å². The Balaban J connectivity index is 1.79. The molecule has 0 saturated heterocycles. The van der Waals surface area contributed by atoms with Crippen molar-refractivity contribution < 1.29 is 22.4 Å². The first-order valence-electron chi connectivity index (χ1n) is 14.2. The van der Waals surface area contributed by atoms with E-state index in [4.69, 9.17) is 11.6 Å². The zero-order valence-electron chi connectivity index (χ0n) is 24.6. The average molecular weight is 636 g/mol. The highest BCUT2D eigenvalue weighted by molar-refractivity contribution is 7.92. The van der Waals surface area contributed by atoms with Crippen molar-refractivity contribution in [1.82, 2.24) is 10.2 Å². The molecule has 0 aliphatic rings. The van der Waals surface area contributed by atoms with Gasteiger partial charge in [-0.2, -0.15) is 0 Å². The quantitative estimate of drug-likeness (QED) is 0.193. The van der Waals surface area contributed by atoms with E-state index in [9.17, 15) is 22.4 Å². The van der Waals surface area contributed by atoms with Gasteiger partial charge < -0.3 is 10.2 Å². The Morgan fingerprint density at radius 3 is 2.05 bits per heavy atom. The van der Waals surface area contributed by atoms with Gasteiger partial charge in [-0.05, 0) is 59.5 Å².